The number of nitrogens with zero attached hydrogens (tertiary/aromatic N) is 2. The van der Waals surface area contributed by atoms with Crippen LogP contribution in [0.5, 0.6) is 0 Å². The molecule has 3 nitrogen and oxygen atoms in total. The van der Waals surface area contributed by atoms with Gasteiger partial charge >= 0.3 is 5.65 Å². The molecular formula is C6H8IN3. The smallest absolute Gasteiger partial charge is 0.304 e. The molecule has 0 amide bonds. The Kier molecular flexibility index (Phi) is 1.98. The van der Waals surface area contributed by atoms with Gasteiger partial charge in [0, 0.05) is 19.3 Å². The Bertz CT molecular complexity index is 322. The van der Waals surface area contributed by atoms with E-state index >= 15 is 0 Å². The highest BCUT2D eigenvalue weighted by Crippen LogP contribution is 1.93. The fourth-order valence-corrected chi connectivity index (χ4v) is 0.990. The summed E-state index contributed by atoms with van der Waals surface area (Å²) in [5, 5.41) is 0. The van der Waals surface area contributed by atoms with Gasteiger partial charge in [-0.1, -0.05) is 0 Å². The SMILES string of the molecule is Cn1ccc2[nH+]ccn21.[I-]. The van der Waals surface area contributed by atoms with Crippen LogP contribution in [0.3, 0.4) is 0 Å². The summed E-state index contributed by atoms with van der Waals surface area (Å²) in [4.78, 5) is 3.08. The van der Waals surface area contributed by atoms with E-state index in [-0.39, 0.29) is 24.0 Å². The van der Waals surface area contributed by atoms with Gasteiger partial charge in [0.05, 0.1) is 0 Å². The first-order chi connectivity index (χ1) is 4.38. The van der Waals surface area contributed by atoms with E-state index in [2.05, 4.69) is 4.98 Å². The Morgan fingerprint density at radius 3 is 2.90 bits per heavy atom. The maximum absolute atomic E-state index is 3.08. The average molecular weight is 249 g/mol. The standard InChI is InChI=1S/C6H7N3.HI/c1-8-4-2-6-7-3-5-9(6)8;/h2-5H,1H3;1H. The molecule has 2 rings (SSSR count). The number of rotatable bonds is 0. The highest BCUT2D eigenvalue weighted by Gasteiger charge is 2.01. The van der Waals surface area contributed by atoms with Gasteiger partial charge < -0.3 is 24.0 Å². The summed E-state index contributed by atoms with van der Waals surface area (Å²) < 4.78 is 4.03. The quantitative estimate of drug-likeness (QED) is 0.447. The first-order valence-electron chi connectivity index (χ1n) is 2.88. The molecule has 0 aliphatic rings. The molecule has 0 bridgehead atoms. The van der Waals surface area contributed by atoms with Gasteiger partial charge in [0.1, 0.15) is 6.20 Å². The molecule has 0 unspecified atom stereocenters. The lowest BCUT2D eigenvalue weighted by Gasteiger charge is -1.82. The predicted octanol–water partition coefficient (Wildman–Crippen LogP) is -2.90. The van der Waals surface area contributed by atoms with Crippen molar-refractivity contribution in [2.24, 2.45) is 7.05 Å². The molecule has 10 heavy (non-hydrogen) atoms. The van der Waals surface area contributed by atoms with Gasteiger partial charge in [-0.3, -0.25) is 0 Å². The van der Waals surface area contributed by atoms with Gasteiger partial charge in [0.2, 0.25) is 0 Å². The van der Waals surface area contributed by atoms with Crippen LogP contribution in [0.25, 0.3) is 5.65 Å². The minimum absolute atomic E-state index is 0. The van der Waals surface area contributed by atoms with Crippen molar-refractivity contribution in [3.8, 4) is 0 Å². The van der Waals surface area contributed by atoms with Crippen molar-refractivity contribution < 1.29 is 29.0 Å². The van der Waals surface area contributed by atoms with Crippen molar-refractivity contribution in [3.05, 3.63) is 24.7 Å². The zero-order valence-corrected chi connectivity index (χ0v) is 7.74. The third kappa shape index (κ3) is 0.920. The Morgan fingerprint density at radius 2 is 2.20 bits per heavy atom. The van der Waals surface area contributed by atoms with Crippen molar-refractivity contribution in [1.82, 2.24) is 9.20 Å². The van der Waals surface area contributed by atoms with Crippen molar-refractivity contribution in [2.75, 3.05) is 0 Å². The van der Waals surface area contributed by atoms with E-state index < -0.39 is 0 Å². The predicted molar refractivity (Wildman–Crippen MR) is 32.9 cm³/mol. The van der Waals surface area contributed by atoms with Crippen LogP contribution in [0, 0.1) is 0 Å². The number of aromatic amines is 1. The van der Waals surface area contributed by atoms with Crippen molar-refractivity contribution in [3.63, 3.8) is 0 Å². The van der Waals surface area contributed by atoms with E-state index in [1.807, 2.05) is 40.9 Å². The third-order valence-electron chi connectivity index (χ3n) is 1.48. The highest BCUT2D eigenvalue weighted by atomic mass is 127. The van der Waals surface area contributed by atoms with E-state index in [0.29, 0.717) is 0 Å². The summed E-state index contributed by atoms with van der Waals surface area (Å²) in [5.41, 5.74) is 1.12. The summed E-state index contributed by atoms with van der Waals surface area (Å²) in [6, 6.07) is 2.03. The van der Waals surface area contributed by atoms with Crippen LogP contribution in [0.15, 0.2) is 24.7 Å². The molecule has 0 atom stereocenters. The number of nitrogens with one attached hydrogen (secondary N) is 1. The third-order valence-corrected chi connectivity index (χ3v) is 1.48. The summed E-state index contributed by atoms with van der Waals surface area (Å²) in [5.74, 6) is 0. The maximum Gasteiger partial charge on any atom is 0.304 e. The number of imidazole rings is 1. The Hall–Kier alpha value is -0.520. The fraction of sp³-hybridized carbons (Fsp3) is 0.167. The second-order valence-corrected chi connectivity index (χ2v) is 2.08. The van der Waals surface area contributed by atoms with E-state index in [0.717, 1.165) is 5.65 Å². The van der Waals surface area contributed by atoms with Crippen LogP contribution in [0.4, 0.5) is 0 Å². The zero-order valence-electron chi connectivity index (χ0n) is 5.58. The molecule has 0 saturated heterocycles. The number of hydrogen-bond acceptors (Lipinski definition) is 0. The zero-order chi connectivity index (χ0) is 6.27. The van der Waals surface area contributed by atoms with Gasteiger partial charge in [-0.25, -0.2) is 9.67 Å². The number of H-pyrrole nitrogens is 1. The lowest BCUT2D eigenvalue weighted by Crippen LogP contribution is -3.00. The molecule has 2 aromatic rings. The van der Waals surface area contributed by atoms with Gasteiger partial charge in [-0.15, -0.1) is 4.52 Å². The van der Waals surface area contributed by atoms with Crippen molar-refractivity contribution in [2.45, 2.75) is 0 Å². The Labute approximate surface area is 75.7 Å². The number of aryl methyl sites for hydroxylation is 1. The minimum Gasteiger partial charge on any atom is -1.00 e. The molecule has 2 heterocycles. The Morgan fingerprint density at radius 1 is 1.40 bits per heavy atom. The largest absolute Gasteiger partial charge is 1.00 e. The molecule has 0 radical (unpaired) electrons. The van der Waals surface area contributed by atoms with Crippen LogP contribution < -0.4 is 29.0 Å². The fourth-order valence-electron chi connectivity index (χ4n) is 0.990. The summed E-state index contributed by atoms with van der Waals surface area (Å²) in [7, 11) is 2.00. The summed E-state index contributed by atoms with van der Waals surface area (Å²) in [6.45, 7) is 0. The summed E-state index contributed by atoms with van der Waals surface area (Å²) in [6.07, 6.45) is 5.90. The molecule has 0 aromatic carbocycles. The van der Waals surface area contributed by atoms with Crippen LogP contribution >= 0.6 is 0 Å². The lowest BCUT2D eigenvalue weighted by molar-refractivity contribution is -0.343. The second-order valence-electron chi connectivity index (χ2n) is 2.08. The van der Waals surface area contributed by atoms with Crippen LogP contribution in [-0.4, -0.2) is 9.20 Å². The molecule has 0 aliphatic heterocycles. The molecule has 1 N–H and O–H groups in total. The van der Waals surface area contributed by atoms with Crippen LogP contribution in [0.2, 0.25) is 0 Å². The first-order valence-corrected chi connectivity index (χ1v) is 2.88. The average Bonchev–Trinajstić information content (AvgIpc) is 2.35. The number of fused-ring (bicyclic) bond motifs is 1. The second kappa shape index (κ2) is 2.61. The van der Waals surface area contributed by atoms with E-state index in [4.69, 9.17) is 0 Å². The molecule has 0 saturated carbocycles. The molecule has 0 fully saturated rings. The monoisotopic (exact) mass is 249 g/mol. The van der Waals surface area contributed by atoms with Crippen molar-refractivity contribution >= 4 is 5.65 Å². The Balaban J connectivity index is 0.000000500. The van der Waals surface area contributed by atoms with Gasteiger partial charge in [0.15, 0.2) is 6.20 Å². The topological polar surface area (TPSA) is 23.5 Å². The normalized spacial score (nSPS) is 9.70. The number of hydrogen-bond donors (Lipinski definition) is 0. The first kappa shape index (κ1) is 7.59. The molecule has 2 aromatic heterocycles. The lowest BCUT2D eigenvalue weighted by atomic mass is 10.7. The van der Waals surface area contributed by atoms with E-state index in [9.17, 15) is 0 Å². The molecule has 54 valence electrons. The summed E-state index contributed by atoms with van der Waals surface area (Å²) >= 11 is 0. The minimum atomic E-state index is 0. The highest BCUT2D eigenvalue weighted by molar-refractivity contribution is 5.28. The van der Waals surface area contributed by atoms with Crippen molar-refractivity contribution in [1.29, 1.82) is 0 Å². The van der Waals surface area contributed by atoms with Crippen LogP contribution in [0.1, 0.15) is 0 Å². The van der Waals surface area contributed by atoms with Gasteiger partial charge in [-0.2, -0.15) is 0 Å². The van der Waals surface area contributed by atoms with Gasteiger partial charge in [0.25, 0.3) is 0 Å². The number of halogens is 1. The molecule has 4 heteroatoms. The molecule has 0 spiro atoms. The van der Waals surface area contributed by atoms with Crippen LogP contribution in [-0.2, 0) is 7.05 Å². The van der Waals surface area contributed by atoms with Gasteiger partial charge in [-0.05, 0) is 0 Å². The van der Waals surface area contributed by atoms with E-state index in [1.165, 1.54) is 0 Å². The molecule has 0 aliphatic carbocycles. The maximum atomic E-state index is 3.08. The molecular weight excluding hydrogens is 241 g/mol. The number of aromatic nitrogens is 3. The van der Waals surface area contributed by atoms with E-state index in [1.54, 1.807) is 0 Å².